The molecule has 3 rings (SSSR count). The van der Waals surface area contributed by atoms with Crippen molar-refractivity contribution in [1.29, 1.82) is 0 Å². The first-order chi connectivity index (χ1) is 8.84. The smallest absolute Gasteiger partial charge is 0.226 e. The Kier molecular flexibility index (Phi) is 3.35. The molecule has 96 valence electrons. The van der Waals surface area contributed by atoms with Gasteiger partial charge in [0.25, 0.3) is 0 Å². The molecular weight excluding hydrogens is 222 g/mol. The van der Waals surface area contributed by atoms with Gasteiger partial charge in [-0.3, -0.25) is 4.79 Å². The molecule has 2 nitrogen and oxygen atoms in total. The Hall–Kier alpha value is -1.31. The molecule has 2 heteroatoms. The lowest BCUT2D eigenvalue weighted by Crippen LogP contribution is -2.36. The Balaban J connectivity index is 1.70. The number of amides is 1. The van der Waals surface area contributed by atoms with Crippen LogP contribution < -0.4 is 0 Å². The van der Waals surface area contributed by atoms with Gasteiger partial charge in [0.15, 0.2) is 0 Å². The monoisotopic (exact) mass is 243 g/mol. The van der Waals surface area contributed by atoms with Crippen molar-refractivity contribution in [2.75, 3.05) is 0 Å². The molecule has 0 aromatic heterocycles. The van der Waals surface area contributed by atoms with Gasteiger partial charge in [-0.05, 0) is 31.2 Å². The summed E-state index contributed by atoms with van der Waals surface area (Å²) in [6.45, 7) is 0.806. The summed E-state index contributed by atoms with van der Waals surface area (Å²) in [6.07, 6.45) is 7.09. The lowest BCUT2D eigenvalue weighted by Gasteiger charge is -2.25. The lowest BCUT2D eigenvalue weighted by atomic mass is 10.1. The first-order valence-corrected chi connectivity index (χ1v) is 7.19. The molecule has 2 aliphatic carbocycles. The quantitative estimate of drug-likeness (QED) is 0.794. The second-order valence-corrected chi connectivity index (χ2v) is 5.66. The number of hydrogen-bond donors (Lipinski definition) is 0. The molecule has 0 heterocycles. The van der Waals surface area contributed by atoms with E-state index in [1.165, 1.54) is 31.2 Å². The number of nitrogens with zero attached hydrogens (tertiary/aromatic N) is 1. The zero-order valence-electron chi connectivity index (χ0n) is 10.8. The van der Waals surface area contributed by atoms with Gasteiger partial charge < -0.3 is 4.90 Å². The third kappa shape index (κ3) is 2.58. The van der Waals surface area contributed by atoms with Crippen LogP contribution in [0.15, 0.2) is 30.3 Å². The highest BCUT2D eigenvalue weighted by Gasteiger charge is 2.36. The molecule has 0 atom stereocenters. The molecule has 1 amide bonds. The first-order valence-electron chi connectivity index (χ1n) is 7.19. The molecule has 2 saturated carbocycles. The van der Waals surface area contributed by atoms with E-state index in [4.69, 9.17) is 0 Å². The summed E-state index contributed by atoms with van der Waals surface area (Å²) < 4.78 is 0. The largest absolute Gasteiger partial charge is 0.335 e. The zero-order valence-corrected chi connectivity index (χ0v) is 10.8. The normalized spacial score (nSPS) is 20.0. The predicted octanol–water partition coefficient (Wildman–Crippen LogP) is 3.37. The van der Waals surface area contributed by atoms with Gasteiger partial charge in [-0.2, -0.15) is 0 Å². The minimum atomic E-state index is 0.314. The fourth-order valence-corrected chi connectivity index (χ4v) is 2.96. The molecule has 2 fully saturated rings. The molecule has 0 bridgehead atoms. The highest BCUT2D eigenvalue weighted by atomic mass is 16.2. The van der Waals surface area contributed by atoms with Crippen molar-refractivity contribution in [3.63, 3.8) is 0 Å². The van der Waals surface area contributed by atoms with E-state index in [1.54, 1.807) is 0 Å². The predicted molar refractivity (Wildman–Crippen MR) is 72.0 cm³/mol. The summed E-state index contributed by atoms with van der Waals surface area (Å²) in [6, 6.07) is 10.9. The summed E-state index contributed by atoms with van der Waals surface area (Å²) in [5.74, 6) is 0.730. The third-order valence-electron chi connectivity index (χ3n) is 4.17. The maximum atomic E-state index is 12.6. The van der Waals surface area contributed by atoms with Gasteiger partial charge >= 0.3 is 0 Å². The van der Waals surface area contributed by atoms with Gasteiger partial charge in [-0.15, -0.1) is 0 Å². The second-order valence-electron chi connectivity index (χ2n) is 5.66. The standard InChI is InChI=1S/C16H21NO/c18-16(14-8-4-5-9-14)17(15-10-11-15)12-13-6-2-1-3-7-13/h1-3,6-7,14-15H,4-5,8-12H2. The Bertz CT molecular complexity index is 404. The fourth-order valence-electron chi connectivity index (χ4n) is 2.96. The van der Waals surface area contributed by atoms with Crippen LogP contribution in [0.5, 0.6) is 0 Å². The van der Waals surface area contributed by atoms with Gasteiger partial charge in [-0.25, -0.2) is 0 Å². The summed E-state index contributed by atoms with van der Waals surface area (Å²) in [4.78, 5) is 14.7. The molecular formula is C16H21NO. The van der Waals surface area contributed by atoms with Crippen LogP contribution in [0.3, 0.4) is 0 Å². The van der Waals surface area contributed by atoms with Crippen molar-refractivity contribution in [3.8, 4) is 0 Å². The SMILES string of the molecule is O=C(C1CCCC1)N(Cc1ccccc1)C1CC1. The number of benzene rings is 1. The van der Waals surface area contributed by atoms with Crippen molar-refractivity contribution in [2.45, 2.75) is 51.1 Å². The number of carbonyl (C=O) groups excluding carboxylic acids is 1. The van der Waals surface area contributed by atoms with Crippen LogP contribution in [0.4, 0.5) is 0 Å². The van der Waals surface area contributed by atoms with Crippen LogP contribution in [0.2, 0.25) is 0 Å². The van der Waals surface area contributed by atoms with E-state index >= 15 is 0 Å². The van der Waals surface area contributed by atoms with E-state index in [0.717, 1.165) is 19.4 Å². The molecule has 0 spiro atoms. The van der Waals surface area contributed by atoms with Crippen molar-refractivity contribution < 1.29 is 4.79 Å². The molecule has 0 radical (unpaired) electrons. The number of rotatable bonds is 4. The maximum absolute atomic E-state index is 12.6. The Morgan fingerprint density at radius 1 is 1.06 bits per heavy atom. The van der Waals surface area contributed by atoms with Crippen LogP contribution in [-0.4, -0.2) is 16.8 Å². The molecule has 0 unspecified atom stereocenters. The van der Waals surface area contributed by atoms with Crippen molar-refractivity contribution >= 4 is 5.91 Å². The average Bonchev–Trinajstić information content (AvgIpc) is 3.10. The van der Waals surface area contributed by atoms with E-state index in [2.05, 4.69) is 29.2 Å². The number of hydrogen-bond acceptors (Lipinski definition) is 1. The van der Waals surface area contributed by atoms with Gasteiger partial charge in [-0.1, -0.05) is 43.2 Å². The van der Waals surface area contributed by atoms with Crippen molar-refractivity contribution in [1.82, 2.24) is 4.90 Å². The lowest BCUT2D eigenvalue weighted by molar-refractivity contribution is -0.136. The third-order valence-corrected chi connectivity index (χ3v) is 4.17. The van der Waals surface area contributed by atoms with E-state index in [-0.39, 0.29) is 0 Å². The van der Waals surface area contributed by atoms with E-state index in [0.29, 0.717) is 17.9 Å². The van der Waals surface area contributed by atoms with Crippen LogP contribution in [0.25, 0.3) is 0 Å². The van der Waals surface area contributed by atoms with Crippen LogP contribution >= 0.6 is 0 Å². The summed E-state index contributed by atoms with van der Waals surface area (Å²) in [7, 11) is 0. The Labute approximate surface area is 109 Å². The maximum Gasteiger partial charge on any atom is 0.226 e. The molecule has 2 aliphatic rings. The molecule has 1 aromatic rings. The van der Waals surface area contributed by atoms with Crippen LogP contribution in [0.1, 0.15) is 44.1 Å². The minimum absolute atomic E-state index is 0.314. The van der Waals surface area contributed by atoms with E-state index in [1.807, 2.05) is 6.07 Å². The minimum Gasteiger partial charge on any atom is -0.335 e. The molecule has 18 heavy (non-hydrogen) atoms. The average molecular weight is 243 g/mol. The highest BCUT2D eigenvalue weighted by molar-refractivity contribution is 5.79. The number of carbonyl (C=O) groups is 1. The summed E-state index contributed by atoms with van der Waals surface area (Å²) in [5.41, 5.74) is 1.26. The molecule has 0 saturated heterocycles. The highest BCUT2D eigenvalue weighted by Crippen LogP contribution is 2.33. The van der Waals surface area contributed by atoms with Gasteiger partial charge in [0.2, 0.25) is 5.91 Å². The van der Waals surface area contributed by atoms with Crippen molar-refractivity contribution in [3.05, 3.63) is 35.9 Å². The molecule has 1 aromatic carbocycles. The fraction of sp³-hybridized carbons (Fsp3) is 0.562. The Morgan fingerprint density at radius 2 is 1.72 bits per heavy atom. The van der Waals surface area contributed by atoms with Crippen LogP contribution in [0, 0.1) is 5.92 Å². The topological polar surface area (TPSA) is 20.3 Å². The van der Waals surface area contributed by atoms with E-state index < -0.39 is 0 Å². The molecule has 0 N–H and O–H groups in total. The van der Waals surface area contributed by atoms with Gasteiger partial charge in [0.1, 0.15) is 0 Å². The van der Waals surface area contributed by atoms with Crippen LogP contribution in [-0.2, 0) is 11.3 Å². The zero-order chi connectivity index (χ0) is 12.4. The van der Waals surface area contributed by atoms with Gasteiger partial charge in [0, 0.05) is 18.5 Å². The van der Waals surface area contributed by atoms with Gasteiger partial charge in [0.05, 0.1) is 0 Å². The second kappa shape index (κ2) is 5.13. The first kappa shape index (κ1) is 11.8. The van der Waals surface area contributed by atoms with E-state index in [9.17, 15) is 4.79 Å². The summed E-state index contributed by atoms with van der Waals surface area (Å²) in [5, 5.41) is 0. The molecule has 0 aliphatic heterocycles. The Morgan fingerprint density at radius 3 is 2.33 bits per heavy atom. The van der Waals surface area contributed by atoms with Crippen molar-refractivity contribution in [2.24, 2.45) is 5.92 Å². The summed E-state index contributed by atoms with van der Waals surface area (Å²) >= 11 is 0.